The van der Waals surface area contributed by atoms with Crippen molar-refractivity contribution in [3.05, 3.63) is 59.7 Å². The minimum Gasteiger partial charge on any atom is -0.339 e. The first-order valence-electron chi connectivity index (χ1n) is 9.51. The van der Waals surface area contributed by atoms with E-state index in [0.29, 0.717) is 23.4 Å². The molecule has 1 aliphatic heterocycles. The van der Waals surface area contributed by atoms with Crippen molar-refractivity contribution in [2.45, 2.75) is 37.5 Å². The summed E-state index contributed by atoms with van der Waals surface area (Å²) in [6.45, 7) is 3.66. The smallest absolute Gasteiger partial charge is 0.255 e. The van der Waals surface area contributed by atoms with Crippen molar-refractivity contribution in [3.8, 4) is 0 Å². The quantitative estimate of drug-likeness (QED) is 0.734. The predicted molar refractivity (Wildman–Crippen MR) is 111 cm³/mol. The van der Waals surface area contributed by atoms with Gasteiger partial charge in [0.1, 0.15) is 0 Å². The van der Waals surface area contributed by atoms with Gasteiger partial charge in [0.15, 0.2) is 0 Å². The number of nitrogens with one attached hydrogen (secondary N) is 1. The second-order valence-electron chi connectivity index (χ2n) is 6.86. The Morgan fingerprint density at radius 2 is 1.70 bits per heavy atom. The zero-order chi connectivity index (χ0) is 19.1. The SMILES string of the molecule is Cc1ccc(SCCC(=O)Nc2ccccc2C(=O)N2CCCCC2)cc1. The lowest BCUT2D eigenvalue weighted by Crippen LogP contribution is -2.36. The Bertz CT molecular complexity index is 783. The number of thioether (sulfide) groups is 1. The van der Waals surface area contributed by atoms with Gasteiger partial charge in [0.25, 0.3) is 5.91 Å². The number of para-hydroxylation sites is 1. The first-order chi connectivity index (χ1) is 13.1. The lowest BCUT2D eigenvalue weighted by molar-refractivity contribution is -0.115. The summed E-state index contributed by atoms with van der Waals surface area (Å²) < 4.78 is 0. The maximum absolute atomic E-state index is 12.8. The minimum absolute atomic E-state index is 0.0135. The molecule has 1 fully saturated rings. The Labute approximate surface area is 165 Å². The number of likely N-dealkylation sites (tertiary alicyclic amines) is 1. The largest absolute Gasteiger partial charge is 0.339 e. The van der Waals surface area contributed by atoms with E-state index in [1.54, 1.807) is 17.8 Å². The number of rotatable bonds is 6. The zero-order valence-corrected chi connectivity index (χ0v) is 16.6. The van der Waals surface area contributed by atoms with Crippen LogP contribution in [0, 0.1) is 6.92 Å². The van der Waals surface area contributed by atoms with Gasteiger partial charge in [-0.05, 0) is 50.5 Å². The number of anilines is 1. The van der Waals surface area contributed by atoms with Crippen molar-refractivity contribution in [1.82, 2.24) is 4.90 Å². The molecule has 1 aliphatic rings. The normalized spacial score (nSPS) is 14.0. The number of hydrogen-bond donors (Lipinski definition) is 1. The van der Waals surface area contributed by atoms with Gasteiger partial charge in [-0.15, -0.1) is 11.8 Å². The van der Waals surface area contributed by atoms with Crippen molar-refractivity contribution in [2.24, 2.45) is 0 Å². The summed E-state index contributed by atoms with van der Waals surface area (Å²) in [6.07, 6.45) is 3.69. The first kappa shape index (κ1) is 19.5. The second kappa shape index (κ2) is 9.60. The summed E-state index contributed by atoms with van der Waals surface area (Å²) in [4.78, 5) is 28.2. The Balaban J connectivity index is 1.55. The van der Waals surface area contributed by atoms with Gasteiger partial charge in [0.2, 0.25) is 5.91 Å². The molecule has 1 saturated heterocycles. The second-order valence-corrected chi connectivity index (χ2v) is 8.03. The number of carbonyl (C=O) groups excluding carboxylic acids is 2. The number of benzene rings is 2. The minimum atomic E-state index is -0.0616. The summed E-state index contributed by atoms with van der Waals surface area (Å²) in [6, 6.07) is 15.6. The third kappa shape index (κ3) is 5.60. The highest BCUT2D eigenvalue weighted by Crippen LogP contribution is 2.22. The third-order valence-electron chi connectivity index (χ3n) is 4.69. The molecule has 1 heterocycles. The van der Waals surface area contributed by atoms with Crippen LogP contribution in [0.25, 0.3) is 0 Å². The number of carbonyl (C=O) groups is 2. The van der Waals surface area contributed by atoms with Crippen molar-refractivity contribution in [3.63, 3.8) is 0 Å². The Hall–Kier alpha value is -2.27. The molecule has 0 saturated carbocycles. The molecule has 0 spiro atoms. The van der Waals surface area contributed by atoms with Crippen LogP contribution >= 0.6 is 11.8 Å². The molecule has 2 aromatic carbocycles. The summed E-state index contributed by atoms with van der Waals surface area (Å²) in [7, 11) is 0. The van der Waals surface area contributed by atoms with Crippen LogP contribution in [0.2, 0.25) is 0 Å². The van der Waals surface area contributed by atoms with E-state index in [4.69, 9.17) is 0 Å². The third-order valence-corrected chi connectivity index (χ3v) is 5.71. The fourth-order valence-electron chi connectivity index (χ4n) is 3.15. The number of hydrogen-bond acceptors (Lipinski definition) is 3. The van der Waals surface area contributed by atoms with Crippen LogP contribution < -0.4 is 5.32 Å². The lowest BCUT2D eigenvalue weighted by atomic mass is 10.1. The Morgan fingerprint density at radius 1 is 1.00 bits per heavy atom. The number of amides is 2. The van der Waals surface area contributed by atoms with Gasteiger partial charge in [-0.1, -0.05) is 29.8 Å². The number of nitrogens with zero attached hydrogens (tertiary/aromatic N) is 1. The summed E-state index contributed by atoms with van der Waals surface area (Å²) in [5, 5.41) is 2.93. The molecule has 2 amide bonds. The van der Waals surface area contributed by atoms with Crippen LogP contribution in [0.3, 0.4) is 0 Å². The van der Waals surface area contributed by atoms with Crippen molar-refractivity contribution in [1.29, 1.82) is 0 Å². The van der Waals surface area contributed by atoms with Crippen molar-refractivity contribution < 1.29 is 9.59 Å². The molecule has 27 heavy (non-hydrogen) atoms. The van der Waals surface area contributed by atoms with Gasteiger partial charge in [-0.2, -0.15) is 0 Å². The van der Waals surface area contributed by atoms with E-state index in [9.17, 15) is 9.59 Å². The highest BCUT2D eigenvalue weighted by atomic mass is 32.2. The van der Waals surface area contributed by atoms with Crippen LogP contribution in [0.15, 0.2) is 53.4 Å². The molecule has 2 aromatic rings. The van der Waals surface area contributed by atoms with Gasteiger partial charge in [-0.3, -0.25) is 9.59 Å². The molecule has 0 aromatic heterocycles. The van der Waals surface area contributed by atoms with E-state index in [2.05, 4.69) is 36.5 Å². The zero-order valence-electron chi connectivity index (χ0n) is 15.7. The molecule has 0 atom stereocenters. The molecule has 0 unspecified atom stereocenters. The van der Waals surface area contributed by atoms with E-state index >= 15 is 0 Å². The van der Waals surface area contributed by atoms with Gasteiger partial charge >= 0.3 is 0 Å². The van der Waals surface area contributed by atoms with Crippen LogP contribution in [0.1, 0.15) is 41.6 Å². The fraction of sp³-hybridized carbons (Fsp3) is 0.364. The van der Waals surface area contributed by atoms with E-state index in [-0.39, 0.29) is 11.8 Å². The van der Waals surface area contributed by atoms with E-state index in [1.165, 1.54) is 12.0 Å². The van der Waals surface area contributed by atoms with Gasteiger partial charge in [0, 0.05) is 30.2 Å². The lowest BCUT2D eigenvalue weighted by Gasteiger charge is -2.27. The van der Waals surface area contributed by atoms with Crippen molar-refractivity contribution in [2.75, 3.05) is 24.2 Å². The molecule has 5 heteroatoms. The molecular formula is C22H26N2O2S. The Kier molecular flexibility index (Phi) is 6.93. The molecule has 1 N–H and O–H groups in total. The fourth-order valence-corrected chi connectivity index (χ4v) is 4.01. The van der Waals surface area contributed by atoms with Gasteiger partial charge < -0.3 is 10.2 Å². The topological polar surface area (TPSA) is 49.4 Å². The summed E-state index contributed by atoms with van der Waals surface area (Å²) in [5.74, 6) is 0.657. The van der Waals surface area contributed by atoms with E-state index in [1.807, 2.05) is 23.1 Å². The Morgan fingerprint density at radius 3 is 2.44 bits per heavy atom. The van der Waals surface area contributed by atoms with Crippen LogP contribution in [0.4, 0.5) is 5.69 Å². The predicted octanol–water partition coefficient (Wildman–Crippen LogP) is 4.74. The maximum Gasteiger partial charge on any atom is 0.255 e. The highest BCUT2D eigenvalue weighted by molar-refractivity contribution is 7.99. The van der Waals surface area contributed by atoms with Crippen LogP contribution in [-0.2, 0) is 4.79 Å². The van der Waals surface area contributed by atoms with Crippen molar-refractivity contribution >= 4 is 29.3 Å². The molecular weight excluding hydrogens is 356 g/mol. The summed E-state index contributed by atoms with van der Waals surface area (Å²) in [5.41, 5.74) is 2.42. The van der Waals surface area contributed by atoms with E-state index < -0.39 is 0 Å². The standard InChI is InChI=1S/C22H26N2O2S/c1-17-9-11-18(12-10-17)27-16-13-21(25)23-20-8-4-3-7-19(20)22(26)24-14-5-2-6-15-24/h3-4,7-12H,2,5-6,13-16H2,1H3,(H,23,25). The van der Waals surface area contributed by atoms with E-state index in [0.717, 1.165) is 30.8 Å². The molecule has 142 valence electrons. The summed E-state index contributed by atoms with van der Waals surface area (Å²) >= 11 is 1.67. The average molecular weight is 383 g/mol. The molecule has 0 bridgehead atoms. The van der Waals surface area contributed by atoms with Gasteiger partial charge in [-0.25, -0.2) is 0 Å². The van der Waals surface area contributed by atoms with Gasteiger partial charge in [0.05, 0.1) is 11.3 Å². The number of aryl methyl sites for hydroxylation is 1. The maximum atomic E-state index is 12.8. The molecule has 4 nitrogen and oxygen atoms in total. The molecule has 3 rings (SSSR count). The first-order valence-corrected chi connectivity index (χ1v) is 10.5. The molecule has 0 radical (unpaired) electrons. The number of piperidine rings is 1. The average Bonchev–Trinajstić information content (AvgIpc) is 2.70. The highest BCUT2D eigenvalue weighted by Gasteiger charge is 2.21. The van der Waals surface area contributed by atoms with Crippen LogP contribution in [0.5, 0.6) is 0 Å². The van der Waals surface area contributed by atoms with Crippen LogP contribution in [-0.4, -0.2) is 35.6 Å². The molecule has 0 aliphatic carbocycles. The monoisotopic (exact) mass is 382 g/mol.